The molecular formula is C22H27N2O2+. The fourth-order valence-electron chi connectivity index (χ4n) is 3.63. The molecule has 26 heavy (non-hydrogen) atoms. The molecule has 0 saturated carbocycles. The molecule has 3 rings (SSSR count). The predicted molar refractivity (Wildman–Crippen MR) is 104 cm³/mol. The summed E-state index contributed by atoms with van der Waals surface area (Å²) in [6.07, 6.45) is 3.48. The van der Waals surface area contributed by atoms with Gasteiger partial charge in [-0.1, -0.05) is 30.3 Å². The van der Waals surface area contributed by atoms with E-state index in [-0.39, 0.29) is 11.7 Å². The molecular weight excluding hydrogens is 324 g/mol. The van der Waals surface area contributed by atoms with Crippen molar-refractivity contribution in [2.24, 2.45) is 5.92 Å². The van der Waals surface area contributed by atoms with Crippen LogP contribution in [0.3, 0.4) is 0 Å². The van der Waals surface area contributed by atoms with Crippen LogP contribution in [-0.4, -0.2) is 31.3 Å². The number of hydrogen-bond acceptors (Lipinski definition) is 2. The molecule has 0 radical (unpaired) electrons. The highest BCUT2D eigenvalue weighted by Crippen LogP contribution is 2.16. The fourth-order valence-corrected chi connectivity index (χ4v) is 3.63. The van der Waals surface area contributed by atoms with E-state index in [1.165, 1.54) is 23.3 Å². The Morgan fingerprint density at radius 2 is 1.65 bits per heavy atom. The number of Topliss-reactive ketones (excluding diaryl/α,β-unsaturated/α-hetero) is 1. The van der Waals surface area contributed by atoms with Crippen molar-refractivity contribution in [2.75, 3.05) is 25.0 Å². The van der Waals surface area contributed by atoms with Crippen molar-refractivity contribution in [1.82, 2.24) is 0 Å². The lowest BCUT2D eigenvalue weighted by molar-refractivity contribution is -0.898. The molecule has 0 bridgehead atoms. The van der Waals surface area contributed by atoms with E-state index in [0.29, 0.717) is 12.1 Å². The molecule has 2 aromatic rings. The number of anilines is 1. The van der Waals surface area contributed by atoms with Crippen molar-refractivity contribution >= 4 is 17.4 Å². The summed E-state index contributed by atoms with van der Waals surface area (Å²) in [7, 11) is 0. The highest BCUT2D eigenvalue weighted by molar-refractivity contribution is 5.95. The van der Waals surface area contributed by atoms with Gasteiger partial charge in [0.05, 0.1) is 13.1 Å². The summed E-state index contributed by atoms with van der Waals surface area (Å²) in [5, 5.41) is 2.94. The van der Waals surface area contributed by atoms with E-state index in [1.807, 2.05) is 0 Å². The van der Waals surface area contributed by atoms with Crippen LogP contribution >= 0.6 is 0 Å². The molecule has 1 heterocycles. The maximum absolute atomic E-state index is 12.3. The number of ketones is 1. The SMILES string of the molecule is CC(=O)c1ccc(NC(=O)C[NH+]2CCC(Cc3ccccc3)CC2)cc1. The van der Waals surface area contributed by atoms with Gasteiger partial charge in [-0.15, -0.1) is 0 Å². The predicted octanol–water partition coefficient (Wildman–Crippen LogP) is 2.37. The number of nitrogens with one attached hydrogen (secondary N) is 2. The Hall–Kier alpha value is -2.46. The smallest absolute Gasteiger partial charge is 0.279 e. The van der Waals surface area contributed by atoms with E-state index in [9.17, 15) is 9.59 Å². The Kier molecular flexibility index (Phi) is 6.18. The number of carbonyl (C=O) groups excluding carboxylic acids is 2. The van der Waals surface area contributed by atoms with Gasteiger partial charge in [0.1, 0.15) is 0 Å². The third-order valence-electron chi connectivity index (χ3n) is 5.17. The summed E-state index contributed by atoms with van der Waals surface area (Å²) in [6, 6.07) is 17.7. The van der Waals surface area contributed by atoms with E-state index in [4.69, 9.17) is 0 Å². The molecule has 1 saturated heterocycles. The van der Waals surface area contributed by atoms with Gasteiger partial charge in [-0.25, -0.2) is 0 Å². The second-order valence-corrected chi connectivity index (χ2v) is 7.24. The van der Waals surface area contributed by atoms with Crippen molar-refractivity contribution in [3.63, 3.8) is 0 Å². The summed E-state index contributed by atoms with van der Waals surface area (Å²) >= 11 is 0. The topological polar surface area (TPSA) is 50.6 Å². The van der Waals surface area contributed by atoms with Gasteiger partial charge in [0, 0.05) is 11.3 Å². The lowest BCUT2D eigenvalue weighted by Crippen LogP contribution is -3.14. The maximum atomic E-state index is 12.3. The molecule has 0 spiro atoms. The first-order chi connectivity index (χ1) is 12.6. The highest BCUT2D eigenvalue weighted by Gasteiger charge is 2.24. The van der Waals surface area contributed by atoms with Gasteiger partial charge in [-0.05, 0) is 61.9 Å². The molecule has 0 unspecified atom stereocenters. The second kappa shape index (κ2) is 8.77. The summed E-state index contributed by atoms with van der Waals surface area (Å²) in [6.45, 7) is 4.15. The van der Waals surface area contributed by atoms with Crippen LogP contribution in [0.2, 0.25) is 0 Å². The lowest BCUT2D eigenvalue weighted by Gasteiger charge is -2.29. The minimum atomic E-state index is 0.0331. The minimum Gasteiger partial charge on any atom is -0.327 e. The Labute approximate surface area is 155 Å². The van der Waals surface area contributed by atoms with Gasteiger partial charge in [0.25, 0.3) is 5.91 Å². The van der Waals surface area contributed by atoms with E-state index >= 15 is 0 Å². The van der Waals surface area contributed by atoms with Crippen molar-refractivity contribution in [2.45, 2.75) is 26.2 Å². The summed E-state index contributed by atoms with van der Waals surface area (Å²) in [5.74, 6) is 0.797. The molecule has 1 aliphatic rings. The van der Waals surface area contributed by atoms with Crippen LogP contribution in [0.5, 0.6) is 0 Å². The quantitative estimate of drug-likeness (QED) is 0.785. The Bertz CT molecular complexity index is 732. The van der Waals surface area contributed by atoms with Gasteiger partial charge >= 0.3 is 0 Å². The Morgan fingerprint density at radius 1 is 1.00 bits per heavy atom. The van der Waals surface area contributed by atoms with Gasteiger partial charge in [0.2, 0.25) is 0 Å². The van der Waals surface area contributed by atoms with E-state index in [0.717, 1.165) is 31.1 Å². The molecule has 0 atom stereocenters. The largest absolute Gasteiger partial charge is 0.327 e. The number of carbonyl (C=O) groups is 2. The third-order valence-corrected chi connectivity index (χ3v) is 5.17. The zero-order chi connectivity index (χ0) is 18.4. The number of likely N-dealkylation sites (tertiary alicyclic amines) is 1. The van der Waals surface area contributed by atoms with Gasteiger partial charge in [-0.3, -0.25) is 9.59 Å². The van der Waals surface area contributed by atoms with Crippen LogP contribution in [0, 0.1) is 5.92 Å². The lowest BCUT2D eigenvalue weighted by atomic mass is 9.90. The molecule has 1 amide bonds. The van der Waals surface area contributed by atoms with Crippen LogP contribution < -0.4 is 10.2 Å². The van der Waals surface area contributed by atoms with Gasteiger partial charge < -0.3 is 10.2 Å². The standard InChI is InChI=1S/C22H26N2O2/c1-17(25)20-7-9-21(10-8-20)23-22(26)16-24-13-11-19(12-14-24)15-18-5-3-2-4-6-18/h2-10,19H,11-16H2,1H3,(H,23,26)/p+1. The van der Waals surface area contributed by atoms with Crippen LogP contribution in [-0.2, 0) is 11.2 Å². The normalized spacial score (nSPS) is 19.7. The fraction of sp³-hybridized carbons (Fsp3) is 0.364. The summed E-state index contributed by atoms with van der Waals surface area (Å²) in [5.41, 5.74) is 2.82. The number of hydrogen-bond donors (Lipinski definition) is 2. The number of amides is 1. The van der Waals surface area contributed by atoms with Crippen molar-refractivity contribution in [3.05, 3.63) is 65.7 Å². The molecule has 1 aliphatic heterocycles. The number of rotatable bonds is 6. The zero-order valence-electron chi connectivity index (χ0n) is 15.3. The number of benzene rings is 2. The van der Waals surface area contributed by atoms with Crippen molar-refractivity contribution in [3.8, 4) is 0 Å². The molecule has 4 heteroatoms. The van der Waals surface area contributed by atoms with Crippen LogP contribution in [0.4, 0.5) is 5.69 Å². The van der Waals surface area contributed by atoms with Crippen LogP contribution in [0.25, 0.3) is 0 Å². The molecule has 0 aliphatic carbocycles. The summed E-state index contributed by atoms with van der Waals surface area (Å²) < 4.78 is 0. The van der Waals surface area contributed by atoms with Crippen molar-refractivity contribution < 1.29 is 14.5 Å². The van der Waals surface area contributed by atoms with Crippen LogP contribution in [0.15, 0.2) is 54.6 Å². The third kappa shape index (κ3) is 5.27. The average molecular weight is 351 g/mol. The molecule has 4 nitrogen and oxygen atoms in total. The van der Waals surface area contributed by atoms with Crippen LogP contribution in [0.1, 0.15) is 35.7 Å². The molecule has 2 N–H and O–H groups in total. The van der Waals surface area contributed by atoms with E-state index < -0.39 is 0 Å². The second-order valence-electron chi connectivity index (χ2n) is 7.24. The Morgan fingerprint density at radius 3 is 2.27 bits per heavy atom. The summed E-state index contributed by atoms with van der Waals surface area (Å²) in [4.78, 5) is 24.9. The molecule has 1 fully saturated rings. The molecule has 136 valence electrons. The van der Waals surface area contributed by atoms with Crippen molar-refractivity contribution in [1.29, 1.82) is 0 Å². The zero-order valence-corrected chi connectivity index (χ0v) is 15.3. The first-order valence-corrected chi connectivity index (χ1v) is 9.38. The maximum Gasteiger partial charge on any atom is 0.279 e. The highest BCUT2D eigenvalue weighted by atomic mass is 16.2. The number of piperidine rings is 1. The van der Waals surface area contributed by atoms with Gasteiger partial charge in [0.15, 0.2) is 12.3 Å². The first-order valence-electron chi connectivity index (χ1n) is 9.38. The van der Waals surface area contributed by atoms with E-state index in [1.54, 1.807) is 31.2 Å². The first kappa shape index (κ1) is 18.3. The van der Waals surface area contributed by atoms with Gasteiger partial charge in [-0.2, -0.15) is 0 Å². The molecule has 0 aromatic heterocycles. The Balaban J connectivity index is 1.42. The monoisotopic (exact) mass is 351 g/mol. The average Bonchev–Trinajstić information content (AvgIpc) is 2.64. The minimum absolute atomic E-state index is 0.0331. The van der Waals surface area contributed by atoms with E-state index in [2.05, 4.69) is 35.6 Å². The number of quaternary nitrogens is 1. The molecule has 2 aromatic carbocycles.